The van der Waals surface area contributed by atoms with Crippen LogP contribution in [0, 0.1) is 6.92 Å². The number of aromatic nitrogens is 3. The smallest absolute Gasteiger partial charge is 0.135 e. The Labute approximate surface area is 181 Å². The summed E-state index contributed by atoms with van der Waals surface area (Å²) in [6.07, 6.45) is 5.48. The molecule has 4 heteroatoms. The summed E-state index contributed by atoms with van der Waals surface area (Å²) in [4.78, 5) is 13.5. The van der Waals surface area contributed by atoms with Gasteiger partial charge in [-0.05, 0) is 53.3 Å². The molecule has 0 aliphatic heterocycles. The Morgan fingerprint density at radius 1 is 0.710 bits per heavy atom. The summed E-state index contributed by atoms with van der Waals surface area (Å²) in [6.45, 7) is 2.81. The third-order valence-electron chi connectivity index (χ3n) is 5.34. The van der Waals surface area contributed by atoms with E-state index >= 15 is 0 Å². The average molecular weight is 403 g/mol. The number of pyridine rings is 3. The summed E-state index contributed by atoms with van der Waals surface area (Å²) < 4.78 is 0. The highest BCUT2D eigenvalue weighted by Crippen LogP contribution is 2.25. The second-order valence-electron chi connectivity index (χ2n) is 7.59. The lowest BCUT2D eigenvalue weighted by Gasteiger charge is -2.10. The highest BCUT2D eigenvalue weighted by atomic mass is 15.0. The summed E-state index contributed by atoms with van der Waals surface area (Å²) in [5, 5.41) is 5.55. The Morgan fingerprint density at radius 2 is 1.61 bits per heavy atom. The predicted molar refractivity (Wildman–Crippen MR) is 127 cm³/mol. The Bertz CT molecular complexity index is 1330. The molecule has 3 aromatic heterocycles. The van der Waals surface area contributed by atoms with Crippen molar-refractivity contribution in [3.63, 3.8) is 0 Å². The Hall–Kier alpha value is -4.05. The monoisotopic (exact) mass is 402 g/mol. The van der Waals surface area contributed by atoms with E-state index in [0.29, 0.717) is 6.54 Å². The molecule has 0 atom stereocenters. The van der Waals surface area contributed by atoms with Crippen LogP contribution in [0.5, 0.6) is 0 Å². The quantitative estimate of drug-likeness (QED) is 0.376. The molecule has 4 nitrogen and oxygen atoms in total. The van der Waals surface area contributed by atoms with Gasteiger partial charge < -0.3 is 5.32 Å². The molecule has 0 aliphatic rings. The lowest BCUT2D eigenvalue weighted by atomic mass is 10.0. The average Bonchev–Trinajstić information content (AvgIpc) is 2.83. The van der Waals surface area contributed by atoms with Gasteiger partial charge in [0.15, 0.2) is 0 Å². The first-order valence-corrected chi connectivity index (χ1v) is 10.3. The van der Waals surface area contributed by atoms with Crippen LogP contribution in [-0.4, -0.2) is 15.0 Å². The van der Waals surface area contributed by atoms with Crippen molar-refractivity contribution >= 4 is 16.6 Å². The van der Waals surface area contributed by atoms with Crippen molar-refractivity contribution in [3.8, 4) is 22.5 Å². The van der Waals surface area contributed by atoms with Crippen molar-refractivity contribution < 1.29 is 0 Å². The SMILES string of the molecule is Cc1cccc(-c2ccc(CNc3nccc4cc(-c5ccccn5)ncc34)cc2)c1. The molecule has 0 saturated heterocycles. The van der Waals surface area contributed by atoms with Crippen LogP contribution in [0.3, 0.4) is 0 Å². The molecule has 31 heavy (non-hydrogen) atoms. The molecule has 150 valence electrons. The number of hydrogen-bond acceptors (Lipinski definition) is 4. The van der Waals surface area contributed by atoms with E-state index in [9.17, 15) is 0 Å². The molecule has 0 unspecified atom stereocenters. The highest BCUT2D eigenvalue weighted by Gasteiger charge is 2.07. The molecule has 0 radical (unpaired) electrons. The van der Waals surface area contributed by atoms with E-state index < -0.39 is 0 Å². The summed E-state index contributed by atoms with van der Waals surface area (Å²) in [6, 6.07) is 27.1. The maximum absolute atomic E-state index is 4.60. The van der Waals surface area contributed by atoms with Crippen molar-refractivity contribution in [1.82, 2.24) is 15.0 Å². The molecule has 5 aromatic rings. The van der Waals surface area contributed by atoms with Crippen molar-refractivity contribution in [2.24, 2.45) is 0 Å². The molecule has 0 fully saturated rings. The van der Waals surface area contributed by atoms with Crippen LogP contribution in [0.4, 0.5) is 5.82 Å². The Kier molecular flexibility index (Phi) is 5.11. The number of hydrogen-bond donors (Lipinski definition) is 1. The van der Waals surface area contributed by atoms with E-state index in [2.05, 4.69) is 81.8 Å². The Balaban J connectivity index is 1.35. The van der Waals surface area contributed by atoms with Gasteiger partial charge >= 0.3 is 0 Å². The minimum absolute atomic E-state index is 0.697. The van der Waals surface area contributed by atoms with Crippen LogP contribution >= 0.6 is 0 Å². The zero-order chi connectivity index (χ0) is 21.0. The van der Waals surface area contributed by atoms with Gasteiger partial charge in [-0.2, -0.15) is 0 Å². The molecule has 0 saturated carbocycles. The number of benzene rings is 2. The van der Waals surface area contributed by atoms with E-state index in [1.54, 1.807) is 6.20 Å². The van der Waals surface area contributed by atoms with E-state index in [0.717, 1.165) is 28.0 Å². The second kappa shape index (κ2) is 8.36. The summed E-state index contributed by atoms with van der Waals surface area (Å²) in [7, 11) is 0. The predicted octanol–water partition coefficient (Wildman–Crippen LogP) is 6.28. The molecule has 5 rings (SSSR count). The number of fused-ring (bicyclic) bond motifs is 1. The van der Waals surface area contributed by atoms with Crippen LogP contribution in [0.25, 0.3) is 33.3 Å². The summed E-state index contributed by atoms with van der Waals surface area (Å²) >= 11 is 0. The molecular formula is C27H22N4. The number of nitrogens with one attached hydrogen (secondary N) is 1. The molecule has 0 amide bonds. The first kappa shape index (κ1) is 18.9. The van der Waals surface area contributed by atoms with Crippen LogP contribution in [-0.2, 0) is 6.54 Å². The van der Waals surface area contributed by atoms with Gasteiger partial charge in [-0.25, -0.2) is 4.98 Å². The van der Waals surface area contributed by atoms with Gasteiger partial charge in [0.2, 0.25) is 0 Å². The molecule has 0 aliphatic carbocycles. The van der Waals surface area contributed by atoms with Gasteiger partial charge in [0.05, 0.1) is 11.4 Å². The maximum Gasteiger partial charge on any atom is 0.135 e. The van der Waals surface area contributed by atoms with Crippen LogP contribution in [0.15, 0.2) is 97.5 Å². The van der Waals surface area contributed by atoms with E-state index in [-0.39, 0.29) is 0 Å². The maximum atomic E-state index is 4.60. The minimum Gasteiger partial charge on any atom is -0.365 e. The molecule has 2 aromatic carbocycles. The van der Waals surface area contributed by atoms with Gasteiger partial charge in [0, 0.05) is 30.5 Å². The molecule has 0 bridgehead atoms. The fourth-order valence-electron chi connectivity index (χ4n) is 3.69. The number of rotatable bonds is 5. The number of nitrogens with zero attached hydrogens (tertiary/aromatic N) is 3. The lowest BCUT2D eigenvalue weighted by Crippen LogP contribution is -2.02. The lowest BCUT2D eigenvalue weighted by molar-refractivity contribution is 1.12. The third kappa shape index (κ3) is 4.14. The number of aryl methyl sites for hydroxylation is 1. The zero-order valence-corrected chi connectivity index (χ0v) is 17.3. The largest absolute Gasteiger partial charge is 0.365 e. The zero-order valence-electron chi connectivity index (χ0n) is 17.3. The Morgan fingerprint density at radius 3 is 2.42 bits per heavy atom. The standard InChI is InChI=1S/C27H22N4/c1-19-5-4-6-22(15-19)21-10-8-20(9-11-21)17-31-27-24-18-30-26(16-23(24)12-14-29-27)25-7-2-3-13-28-25/h2-16,18H,17H2,1H3,(H,29,31). The van der Waals surface area contributed by atoms with Crippen molar-refractivity contribution in [2.45, 2.75) is 13.5 Å². The molecule has 1 N–H and O–H groups in total. The first-order valence-electron chi connectivity index (χ1n) is 10.3. The second-order valence-corrected chi connectivity index (χ2v) is 7.59. The van der Waals surface area contributed by atoms with E-state index in [4.69, 9.17) is 0 Å². The van der Waals surface area contributed by atoms with Gasteiger partial charge in [-0.1, -0.05) is 60.2 Å². The molecule has 0 spiro atoms. The van der Waals surface area contributed by atoms with Gasteiger partial charge in [-0.3, -0.25) is 9.97 Å². The van der Waals surface area contributed by atoms with Crippen molar-refractivity contribution in [3.05, 3.63) is 109 Å². The fraction of sp³-hybridized carbons (Fsp3) is 0.0741. The van der Waals surface area contributed by atoms with E-state index in [1.165, 1.54) is 22.3 Å². The number of anilines is 1. The van der Waals surface area contributed by atoms with Gasteiger partial charge in [0.1, 0.15) is 5.82 Å². The van der Waals surface area contributed by atoms with E-state index in [1.807, 2.05) is 36.7 Å². The van der Waals surface area contributed by atoms with Gasteiger partial charge in [-0.15, -0.1) is 0 Å². The molecule has 3 heterocycles. The van der Waals surface area contributed by atoms with Crippen LogP contribution in [0.1, 0.15) is 11.1 Å². The fourth-order valence-corrected chi connectivity index (χ4v) is 3.69. The third-order valence-corrected chi connectivity index (χ3v) is 5.34. The first-order chi connectivity index (χ1) is 15.3. The summed E-state index contributed by atoms with van der Waals surface area (Å²) in [5.41, 5.74) is 6.66. The summed E-state index contributed by atoms with van der Waals surface area (Å²) in [5.74, 6) is 0.834. The van der Waals surface area contributed by atoms with Crippen LogP contribution in [0.2, 0.25) is 0 Å². The van der Waals surface area contributed by atoms with Crippen molar-refractivity contribution in [2.75, 3.05) is 5.32 Å². The topological polar surface area (TPSA) is 50.7 Å². The highest BCUT2D eigenvalue weighted by molar-refractivity contribution is 5.92. The van der Waals surface area contributed by atoms with Crippen LogP contribution < -0.4 is 5.32 Å². The molecular weight excluding hydrogens is 380 g/mol. The normalized spacial score (nSPS) is 10.9. The van der Waals surface area contributed by atoms with Crippen molar-refractivity contribution in [1.29, 1.82) is 0 Å². The minimum atomic E-state index is 0.697. The van der Waals surface area contributed by atoms with Gasteiger partial charge in [0.25, 0.3) is 0 Å².